The first-order valence-electron chi connectivity index (χ1n) is 10.4. The van der Waals surface area contributed by atoms with E-state index in [1.54, 1.807) is 26.1 Å². The zero-order valence-electron chi connectivity index (χ0n) is 18.3. The molecule has 2 aromatic heterocycles. The molecular weight excluding hydrogens is 456 g/mol. The highest BCUT2D eigenvalue weighted by atomic mass is 19.4. The summed E-state index contributed by atoms with van der Waals surface area (Å²) < 4.78 is 58.0. The molecular formula is C22H22F4N6O2. The van der Waals surface area contributed by atoms with Crippen LogP contribution < -0.4 is 10.2 Å². The highest BCUT2D eigenvalue weighted by Gasteiger charge is 2.34. The van der Waals surface area contributed by atoms with Gasteiger partial charge in [0.1, 0.15) is 24.2 Å². The summed E-state index contributed by atoms with van der Waals surface area (Å²) in [5.41, 5.74) is -0.877. The molecule has 0 amide bonds. The third kappa shape index (κ3) is 5.07. The van der Waals surface area contributed by atoms with Crippen LogP contribution in [0.15, 0.2) is 42.9 Å². The predicted octanol–water partition coefficient (Wildman–Crippen LogP) is 3.81. The van der Waals surface area contributed by atoms with E-state index in [0.29, 0.717) is 36.5 Å². The van der Waals surface area contributed by atoms with Gasteiger partial charge in [-0.15, -0.1) is 0 Å². The second-order valence-electron chi connectivity index (χ2n) is 7.90. The molecule has 1 aromatic carbocycles. The SMILES string of the molecule is C[C@H](Nc1nccc(N2COC[C@@H]2[C@@H](C)O)n1)c1ncc(-c2ccc(F)c(C(F)(F)F)c2)cn1. The van der Waals surface area contributed by atoms with E-state index in [2.05, 4.69) is 25.3 Å². The number of nitrogens with one attached hydrogen (secondary N) is 1. The van der Waals surface area contributed by atoms with Crippen molar-refractivity contribution in [1.29, 1.82) is 0 Å². The van der Waals surface area contributed by atoms with Crippen LogP contribution in [0.25, 0.3) is 11.1 Å². The number of rotatable bonds is 6. The van der Waals surface area contributed by atoms with Crippen molar-refractivity contribution in [2.75, 3.05) is 23.6 Å². The average Bonchev–Trinajstić information content (AvgIpc) is 3.29. The van der Waals surface area contributed by atoms with Gasteiger partial charge in [0, 0.05) is 24.2 Å². The fraction of sp³-hybridized carbons (Fsp3) is 0.364. The second kappa shape index (κ2) is 9.47. The molecule has 4 rings (SSSR count). The van der Waals surface area contributed by atoms with E-state index < -0.39 is 29.7 Å². The fourth-order valence-corrected chi connectivity index (χ4v) is 3.56. The number of benzene rings is 1. The summed E-state index contributed by atoms with van der Waals surface area (Å²) in [6.07, 6.45) is -1.08. The van der Waals surface area contributed by atoms with Gasteiger partial charge < -0.3 is 20.1 Å². The number of aliphatic hydroxyl groups is 1. The van der Waals surface area contributed by atoms with Gasteiger partial charge in [-0.25, -0.2) is 19.3 Å². The van der Waals surface area contributed by atoms with Crippen molar-refractivity contribution < 1.29 is 27.4 Å². The molecule has 1 aliphatic heterocycles. The molecule has 3 heterocycles. The lowest BCUT2D eigenvalue weighted by atomic mass is 10.0. The summed E-state index contributed by atoms with van der Waals surface area (Å²) in [6, 6.07) is 3.81. The van der Waals surface area contributed by atoms with Gasteiger partial charge in [0.05, 0.1) is 30.4 Å². The van der Waals surface area contributed by atoms with Crippen LogP contribution in [-0.2, 0) is 10.9 Å². The average molecular weight is 478 g/mol. The third-order valence-corrected chi connectivity index (χ3v) is 5.42. The Morgan fingerprint density at radius 1 is 1.12 bits per heavy atom. The van der Waals surface area contributed by atoms with Gasteiger partial charge in [0.2, 0.25) is 5.95 Å². The zero-order chi connectivity index (χ0) is 24.5. The number of hydrogen-bond acceptors (Lipinski definition) is 8. The summed E-state index contributed by atoms with van der Waals surface area (Å²) in [7, 11) is 0. The first-order valence-corrected chi connectivity index (χ1v) is 10.4. The number of hydrogen-bond donors (Lipinski definition) is 2. The molecule has 0 spiro atoms. The van der Waals surface area contributed by atoms with Gasteiger partial charge in [-0.2, -0.15) is 18.2 Å². The first-order chi connectivity index (χ1) is 16.1. The standard InChI is InChI=1S/C22H22F4N6O2/c1-12(30-21-27-6-5-19(31-21)32-11-34-10-18(32)13(2)33)20-28-8-15(9-29-20)14-3-4-17(23)16(7-14)22(24,25)26/h3-9,12-13,18,33H,10-11H2,1-2H3,(H,27,30,31)/t12-,13+,18+/m0/s1. The monoisotopic (exact) mass is 478 g/mol. The van der Waals surface area contributed by atoms with Crippen molar-refractivity contribution >= 4 is 11.8 Å². The van der Waals surface area contributed by atoms with Crippen molar-refractivity contribution in [2.24, 2.45) is 0 Å². The Morgan fingerprint density at radius 2 is 1.85 bits per heavy atom. The Labute approximate surface area is 192 Å². The Balaban J connectivity index is 1.49. The van der Waals surface area contributed by atoms with Crippen molar-refractivity contribution in [3.8, 4) is 11.1 Å². The molecule has 0 aliphatic carbocycles. The van der Waals surface area contributed by atoms with Crippen LogP contribution >= 0.6 is 0 Å². The minimum Gasteiger partial charge on any atom is -0.391 e. The number of alkyl halides is 3. The smallest absolute Gasteiger partial charge is 0.391 e. The van der Waals surface area contributed by atoms with E-state index in [-0.39, 0.29) is 11.6 Å². The Bertz CT molecular complexity index is 1140. The van der Waals surface area contributed by atoms with Crippen molar-refractivity contribution in [3.63, 3.8) is 0 Å². The lowest BCUT2D eigenvalue weighted by Gasteiger charge is -2.25. The van der Waals surface area contributed by atoms with Crippen LogP contribution in [0.4, 0.5) is 29.3 Å². The summed E-state index contributed by atoms with van der Waals surface area (Å²) in [4.78, 5) is 19.0. The van der Waals surface area contributed by atoms with Gasteiger partial charge in [0.25, 0.3) is 0 Å². The van der Waals surface area contributed by atoms with E-state index in [4.69, 9.17) is 4.74 Å². The Hall–Kier alpha value is -3.38. The molecule has 0 bridgehead atoms. The number of halogens is 4. The second-order valence-corrected chi connectivity index (χ2v) is 7.90. The molecule has 2 N–H and O–H groups in total. The Kier molecular flexibility index (Phi) is 6.62. The number of ether oxygens (including phenoxy) is 1. The van der Waals surface area contributed by atoms with Gasteiger partial charge in [-0.05, 0) is 37.6 Å². The van der Waals surface area contributed by atoms with Gasteiger partial charge >= 0.3 is 6.18 Å². The van der Waals surface area contributed by atoms with E-state index in [1.807, 2.05) is 4.90 Å². The molecule has 3 atom stereocenters. The number of aliphatic hydroxyl groups excluding tert-OH is 1. The maximum atomic E-state index is 13.6. The summed E-state index contributed by atoms with van der Waals surface area (Å²) in [5, 5.41) is 13.0. The molecule has 180 valence electrons. The van der Waals surface area contributed by atoms with Gasteiger partial charge in [0.15, 0.2) is 0 Å². The molecule has 0 saturated carbocycles. The van der Waals surface area contributed by atoms with Gasteiger partial charge in [-0.3, -0.25) is 0 Å². The molecule has 3 aromatic rings. The van der Waals surface area contributed by atoms with E-state index in [9.17, 15) is 22.7 Å². The largest absolute Gasteiger partial charge is 0.419 e. The third-order valence-electron chi connectivity index (χ3n) is 5.42. The minimum atomic E-state index is -4.80. The van der Waals surface area contributed by atoms with E-state index in [1.165, 1.54) is 18.5 Å². The van der Waals surface area contributed by atoms with Gasteiger partial charge in [-0.1, -0.05) is 6.07 Å². The normalized spacial score (nSPS) is 18.1. The maximum Gasteiger partial charge on any atom is 0.419 e. The predicted molar refractivity (Wildman–Crippen MR) is 115 cm³/mol. The van der Waals surface area contributed by atoms with Crippen LogP contribution in [0.3, 0.4) is 0 Å². The molecule has 0 radical (unpaired) electrons. The Morgan fingerprint density at radius 3 is 2.53 bits per heavy atom. The van der Waals surface area contributed by atoms with Crippen molar-refractivity contribution in [1.82, 2.24) is 19.9 Å². The fourth-order valence-electron chi connectivity index (χ4n) is 3.56. The molecule has 1 aliphatic rings. The highest BCUT2D eigenvalue weighted by Crippen LogP contribution is 2.34. The van der Waals surface area contributed by atoms with Crippen LogP contribution in [-0.4, -0.2) is 50.5 Å². The summed E-state index contributed by atoms with van der Waals surface area (Å²) in [6.45, 7) is 4.15. The quantitative estimate of drug-likeness (QED) is 0.517. The molecule has 34 heavy (non-hydrogen) atoms. The molecule has 1 saturated heterocycles. The number of nitrogens with zero attached hydrogens (tertiary/aromatic N) is 5. The van der Waals surface area contributed by atoms with Crippen molar-refractivity contribution in [3.05, 3.63) is 60.1 Å². The maximum absolute atomic E-state index is 13.6. The topological polar surface area (TPSA) is 96.3 Å². The lowest BCUT2D eigenvalue weighted by Crippen LogP contribution is -2.39. The van der Waals surface area contributed by atoms with Crippen LogP contribution in [0.2, 0.25) is 0 Å². The van der Waals surface area contributed by atoms with Crippen LogP contribution in [0.1, 0.15) is 31.3 Å². The molecule has 0 unspecified atom stereocenters. The van der Waals surface area contributed by atoms with Crippen LogP contribution in [0.5, 0.6) is 0 Å². The number of aromatic nitrogens is 4. The lowest BCUT2D eigenvalue weighted by molar-refractivity contribution is -0.139. The molecule has 12 heteroatoms. The molecule has 1 fully saturated rings. The van der Waals surface area contributed by atoms with Crippen LogP contribution in [0, 0.1) is 5.82 Å². The molecule has 8 nitrogen and oxygen atoms in total. The summed E-state index contributed by atoms with van der Waals surface area (Å²) >= 11 is 0. The zero-order valence-corrected chi connectivity index (χ0v) is 18.3. The minimum absolute atomic E-state index is 0.150. The highest BCUT2D eigenvalue weighted by molar-refractivity contribution is 5.62. The number of anilines is 2. The first kappa shape index (κ1) is 23.8. The van der Waals surface area contributed by atoms with E-state index >= 15 is 0 Å². The summed E-state index contributed by atoms with van der Waals surface area (Å²) in [5.74, 6) is -0.0835. The van der Waals surface area contributed by atoms with E-state index in [0.717, 1.165) is 12.1 Å². The van der Waals surface area contributed by atoms with Crippen molar-refractivity contribution in [2.45, 2.75) is 38.2 Å².